The number of benzene rings is 1. The van der Waals surface area contributed by atoms with Gasteiger partial charge in [-0.05, 0) is 24.3 Å². The van der Waals surface area contributed by atoms with Crippen molar-refractivity contribution in [3.8, 4) is 5.75 Å². The highest BCUT2D eigenvalue weighted by Gasteiger charge is 2.11. The SMILES string of the molecule is NC(CC(=O)Oc1ccc(F)cc1)SC=S. The molecule has 1 rings (SSSR count). The Morgan fingerprint density at radius 2 is 2.19 bits per heavy atom. The summed E-state index contributed by atoms with van der Waals surface area (Å²) in [6.45, 7) is 0. The molecule has 0 heterocycles. The molecular formula is C10H10FNO2S2. The van der Waals surface area contributed by atoms with E-state index in [2.05, 4.69) is 12.2 Å². The second-order valence-electron chi connectivity index (χ2n) is 2.90. The predicted octanol–water partition coefficient (Wildman–Crippen LogP) is 2.10. The lowest BCUT2D eigenvalue weighted by Crippen LogP contribution is -2.22. The van der Waals surface area contributed by atoms with Gasteiger partial charge in [0.1, 0.15) is 11.6 Å². The van der Waals surface area contributed by atoms with E-state index < -0.39 is 11.3 Å². The van der Waals surface area contributed by atoms with Crippen molar-refractivity contribution in [2.24, 2.45) is 5.73 Å². The third-order valence-corrected chi connectivity index (χ3v) is 2.60. The number of thioether (sulfide) groups is 1. The minimum Gasteiger partial charge on any atom is -0.426 e. The Labute approximate surface area is 102 Å². The first-order chi connectivity index (χ1) is 7.61. The highest BCUT2D eigenvalue weighted by molar-refractivity contribution is 8.21. The van der Waals surface area contributed by atoms with E-state index in [1.165, 1.54) is 40.7 Å². The number of hydrogen-bond acceptors (Lipinski definition) is 5. The smallest absolute Gasteiger partial charge is 0.313 e. The van der Waals surface area contributed by atoms with Crippen LogP contribution < -0.4 is 10.5 Å². The van der Waals surface area contributed by atoms with Crippen LogP contribution in [-0.4, -0.2) is 16.0 Å². The number of hydrogen-bond donors (Lipinski definition) is 1. The number of halogens is 1. The molecule has 0 aliphatic rings. The van der Waals surface area contributed by atoms with Crippen LogP contribution in [0.15, 0.2) is 24.3 Å². The van der Waals surface area contributed by atoms with E-state index in [0.29, 0.717) is 5.75 Å². The van der Waals surface area contributed by atoms with Gasteiger partial charge in [-0.15, -0.1) is 11.8 Å². The molecule has 0 bridgehead atoms. The van der Waals surface area contributed by atoms with E-state index in [9.17, 15) is 9.18 Å². The molecule has 0 saturated carbocycles. The van der Waals surface area contributed by atoms with Gasteiger partial charge in [-0.3, -0.25) is 4.79 Å². The van der Waals surface area contributed by atoms with Gasteiger partial charge in [0, 0.05) is 4.70 Å². The number of esters is 1. The summed E-state index contributed by atoms with van der Waals surface area (Å²) < 4.78 is 18.9. The number of ether oxygens (including phenoxy) is 1. The molecule has 1 aromatic carbocycles. The van der Waals surface area contributed by atoms with Crippen molar-refractivity contribution >= 4 is 34.6 Å². The second kappa shape index (κ2) is 6.57. The molecule has 0 radical (unpaired) electrons. The predicted molar refractivity (Wildman–Crippen MR) is 65.9 cm³/mol. The molecule has 0 aliphatic heterocycles. The molecule has 0 aromatic heterocycles. The topological polar surface area (TPSA) is 52.3 Å². The van der Waals surface area contributed by atoms with Crippen molar-refractivity contribution in [2.75, 3.05) is 0 Å². The van der Waals surface area contributed by atoms with Gasteiger partial charge in [-0.1, -0.05) is 12.2 Å². The number of carbonyl (C=O) groups excluding carboxylic acids is 1. The van der Waals surface area contributed by atoms with Gasteiger partial charge in [0.25, 0.3) is 0 Å². The van der Waals surface area contributed by atoms with Gasteiger partial charge >= 0.3 is 5.97 Å². The Kier molecular flexibility index (Phi) is 5.37. The Bertz CT molecular complexity index is 370. The van der Waals surface area contributed by atoms with Crippen molar-refractivity contribution in [2.45, 2.75) is 11.8 Å². The molecule has 0 spiro atoms. The maximum absolute atomic E-state index is 12.6. The average molecular weight is 259 g/mol. The molecule has 2 N–H and O–H groups in total. The van der Waals surface area contributed by atoms with Crippen molar-refractivity contribution in [3.05, 3.63) is 30.1 Å². The van der Waals surface area contributed by atoms with Gasteiger partial charge in [0.15, 0.2) is 0 Å². The molecule has 0 aliphatic carbocycles. The van der Waals surface area contributed by atoms with Gasteiger partial charge in [-0.25, -0.2) is 4.39 Å². The second-order valence-corrected chi connectivity index (χ2v) is 4.55. The fraction of sp³-hybridized carbons (Fsp3) is 0.200. The van der Waals surface area contributed by atoms with Crippen LogP contribution in [0.4, 0.5) is 4.39 Å². The van der Waals surface area contributed by atoms with Gasteiger partial charge < -0.3 is 10.5 Å². The van der Waals surface area contributed by atoms with Crippen LogP contribution in [-0.2, 0) is 4.79 Å². The molecule has 16 heavy (non-hydrogen) atoms. The van der Waals surface area contributed by atoms with Crippen molar-refractivity contribution in [1.82, 2.24) is 0 Å². The fourth-order valence-electron chi connectivity index (χ4n) is 0.959. The standard InChI is InChI=1S/C10H10FNO2S2/c11-7-1-3-8(4-2-7)14-10(13)5-9(12)16-6-15/h1-4,6,9H,5,12H2. The van der Waals surface area contributed by atoms with E-state index in [4.69, 9.17) is 10.5 Å². The number of thiocarbonyl (C=S) groups is 1. The summed E-state index contributed by atoms with van der Waals surface area (Å²) in [6, 6.07) is 5.19. The van der Waals surface area contributed by atoms with Crippen LogP contribution >= 0.6 is 24.0 Å². The molecular weight excluding hydrogens is 249 g/mol. The number of carbonyl (C=O) groups is 1. The summed E-state index contributed by atoms with van der Waals surface area (Å²) >= 11 is 5.77. The van der Waals surface area contributed by atoms with E-state index in [1.54, 1.807) is 0 Å². The number of rotatable bonds is 5. The van der Waals surface area contributed by atoms with Crippen LogP contribution in [0.3, 0.4) is 0 Å². The van der Waals surface area contributed by atoms with Gasteiger partial charge in [-0.2, -0.15) is 0 Å². The lowest BCUT2D eigenvalue weighted by molar-refractivity contribution is -0.134. The maximum Gasteiger partial charge on any atom is 0.313 e. The third-order valence-electron chi connectivity index (χ3n) is 1.64. The molecule has 0 saturated heterocycles. The van der Waals surface area contributed by atoms with Crippen LogP contribution in [0.1, 0.15) is 6.42 Å². The number of nitrogens with two attached hydrogens (primary N) is 1. The summed E-state index contributed by atoms with van der Waals surface area (Å²) in [7, 11) is 0. The highest BCUT2D eigenvalue weighted by atomic mass is 32.2. The summed E-state index contributed by atoms with van der Waals surface area (Å²) in [6.07, 6.45) is 0.0508. The Hall–Kier alpha value is -0.980. The zero-order valence-corrected chi connectivity index (χ0v) is 9.89. The molecule has 1 atom stereocenters. The van der Waals surface area contributed by atoms with Crippen molar-refractivity contribution in [1.29, 1.82) is 0 Å². The Morgan fingerprint density at radius 1 is 1.56 bits per heavy atom. The Morgan fingerprint density at radius 3 is 2.75 bits per heavy atom. The van der Waals surface area contributed by atoms with Crippen LogP contribution in [0, 0.1) is 5.82 Å². The fourth-order valence-corrected chi connectivity index (χ4v) is 1.76. The van der Waals surface area contributed by atoms with Crippen LogP contribution in [0.25, 0.3) is 0 Å². The summed E-state index contributed by atoms with van der Waals surface area (Å²) in [5.41, 5.74) is 5.57. The zero-order valence-electron chi connectivity index (χ0n) is 8.26. The first-order valence-corrected chi connectivity index (χ1v) is 5.84. The lowest BCUT2D eigenvalue weighted by atomic mass is 10.3. The summed E-state index contributed by atoms with van der Waals surface area (Å²) in [4.78, 5) is 11.3. The maximum atomic E-state index is 12.6. The lowest BCUT2D eigenvalue weighted by Gasteiger charge is -2.07. The molecule has 0 fully saturated rings. The molecule has 86 valence electrons. The average Bonchev–Trinajstić information content (AvgIpc) is 2.21. The van der Waals surface area contributed by atoms with Gasteiger partial charge in [0.05, 0.1) is 11.8 Å². The normalized spacial score (nSPS) is 11.9. The highest BCUT2D eigenvalue weighted by Crippen LogP contribution is 2.13. The summed E-state index contributed by atoms with van der Waals surface area (Å²) in [5.74, 6) is -0.554. The first kappa shape index (κ1) is 13.1. The molecule has 3 nitrogen and oxygen atoms in total. The zero-order chi connectivity index (χ0) is 12.0. The Balaban J connectivity index is 2.45. The van der Waals surface area contributed by atoms with E-state index in [1.807, 2.05) is 0 Å². The summed E-state index contributed by atoms with van der Waals surface area (Å²) in [5, 5.41) is -0.412. The largest absolute Gasteiger partial charge is 0.426 e. The van der Waals surface area contributed by atoms with Crippen LogP contribution in [0.5, 0.6) is 5.75 Å². The molecule has 1 unspecified atom stereocenters. The first-order valence-electron chi connectivity index (χ1n) is 4.42. The molecule has 0 amide bonds. The molecule has 1 aromatic rings. The minimum atomic E-state index is -0.469. The third kappa shape index (κ3) is 4.69. The van der Waals surface area contributed by atoms with Crippen LogP contribution in [0.2, 0.25) is 0 Å². The van der Waals surface area contributed by atoms with E-state index in [0.717, 1.165) is 0 Å². The molecule has 6 heteroatoms. The quantitative estimate of drug-likeness (QED) is 0.380. The monoisotopic (exact) mass is 259 g/mol. The van der Waals surface area contributed by atoms with Crippen molar-refractivity contribution in [3.63, 3.8) is 0 Å². The van der Waals surface area contributed by atoms with Gasteiger partial charge in [0.2, 0.25) is 0 Å². The minimum absolute atomic E-state index is 0.0508. The van der Waals surface area contributed by atoms with E-state index >= 15 is 0 Å². The van der Waals surface area contributed by atoms with E-state index in [-0.39, 0.29) is 12.2 Å². The van der Waals surface area contributed by atoms with Crippen molar-refractivity contribution < 1.29 is 13.9 Å².